The van der Waals surface area contributed by atoms with Gasteiger partial charge in [0.15, 0.2) is 5.13 Å². The predicted octanol–water partition coefficient (Wildman–Crippen LogP) is 3.42. The van der Waals surface area contributed by atoms with Crippen LogP contribution in [0.3, 0.4) is 0 Å². The maximum Gasteiger partial charge on any atom is 0.275 e. The van der Waals surface area contributed by atoms with E-state index in [-0.39, 0.29) is 5.91 Å². The third-order valence-corrected chi connectivity index (χ3v) is 4.74. The van der Waals surface area contributed by atoms with Crippen LogP contribution in [0.5, 0.6) is 5.75 Å². The molecule has 0 atom stereocenters. The van der Waals surface area contributed by atoms with Crippen molar-refractivity contribution in [2.45, 2.75) is 13.8 Å². The Balaban J connectivity index is 1.83. The third kappa shape index (κ3) is 3.16. The number of nitrogens with zero attached hydrogens (tertiary/aromatic N) is 3. The fraction of sp³-hybridized carbons (Fsp3) is 0.235. The Morgan fingerprint density at radius 2 is 1.96 bits per heavy atom. The van der Waals surface area contributed by atoms with E-state index in [0.29, 0.717) is 10.8 Å². The molecule has 7 heteroatoms. The Kier molecular flexibility index (Phi) is 4.35. The zero-order valence-corrected chi connectivity index (χ0v) is 14.8. The van der Waals surface area contributed by atoms with Crippen molar-refractivity contribution in [2.24, 2.45) is 7.05 Å². The number of ether oxygens (including phenoxy) is 1. The van der Waals surface area contributed by atoms with Gasteiger partial charge in [-0.1, -0.05) is 0 Å². The van der Waals surface area contributed by atoms with E-state index in [1.165, 1.54) is 11.3 Å². The maximum absolute atomic E-state index is 12.5. The van der Waals surface area contributed by atoms with Crippen LogP contribution in [0.25, 0.3) is 11.3 Å². The fourth-order valence-electron chi connectivity index (χ4n) is 2.27. The van der Waals surface area contributed by atoms with Gasteiger partial charge in [0.25, 0.3) is 5.91 Å². The number of carbonyl (C=O) groups excluding carboxylic acids is 1. The van der Waals surface area contributed by atoms with Crippen molar-refractivity contribution in [1.29, 1.82) is 0 Å². The molecular weight excluding hydrogens is 324 g/mol. The van der Waals surface area contributed by atoms with Crippen LogP contribution in [-0.2, 0) is 7.05 Å². The minimum Gasteiger partial charge on any atom is -0.497 e. The van der Waals surface area contributed by atoms with Crippen LogP contribution in [-0.4, -0.2) is 27.8 Å². The van der Waals surface area contributed by atoms with Crippen LogP contribution in [0, 0.1) is 13.8 Å². The number of hydrogen-bond acceptors (Lipinski definition) is 5. The molecule has 1 aromatic carbocycles. The fourth-order valence-corrected chi connectivity index (χ4v) is 3.08. The van der Waals surface area contributed by atoms with Crippen molar-refractivity contribution in [3.05, 3.63) is 46.6 Å². The Morgan fingerprint density at radius 1 is 1.25 bits per heavy atom. The van der Waals surface area contributed by atoms with Gasteiger partial charge in [0, 0.05) is 17.5 Å². The van der Waals surface area contributed by atoms with Crippen LogP contribution in [0.15, 0.2) is 30.3 Å². The van der Waals surface area contributed by atoms with Crippen molar-refractivity contribution in [3.8, 4) is 17.0 Å². The van der Waals surface area contributed by atoms with Crippen LogP contribution in [0.4, 0.5) is 5.13 Å². The summed E-state index contributed by atoms with van der Waals surface area (Å²) >= 11 is 1.46. The summed E-state index contributed by atoms with van der Waals surface area (Å²) in [6.07, 6.45) is 0. The average Bonchev–Trinajstić information content (AvgIpc) is 3.10. The monoisotopic (exact) mass is 342 g/mol. The summed E-state index contributed by atoms with van der Waals surface area (Å²) < 4.78 is 6.73. The van der Waals surface area contributed by atoms with Crippen LogP contribution < -0.4 is 10.1 Å². The van der Waals surface area contributed by atoms with Gasteiger partial charge in [-0.25, -0.2) is 4.98 Å². The first kappa shape index (κ1) is 16.2. The summed E-state index contributed by atoms with van der Waals surface area (Å²) in [4.78, 5) is 17.9. The molecule has 0 bridgehead atoms. The minimum atomic E-state index is -0.224. The highest BCUT2D eigenvalue weighted by Crippen LogP contribution is 2.24. The molecular formula is C17H18N4O2S. The molecule has 24 heavy (non-hydrogen) atoms. The molecule has 0 saturated carbocycles. The van der Waals surface area contributed by atoms with Gasteiger partial charge in [-0.15, -0.1) is 11.3 Å². The van der Waals surface area contributed by atoms with E-state index >= 15 is 0 Å². The van der Waals surface area contributed by atoms with Gasteiger partial charge in [0.1, 0.15) is 11.4 Å². The van der Waals surface area contributed by atoms with E-state index in [4.69, 9.17) is 4.74 Å². The molecule has 1 N–H and O–H groups in total. The number of rotatable bonds is 4. The first-order chi connectivity index (χ1) is 11.5. The number of aromatic nitrogens is 3. The molecule has 0 radical (unpaired) electrons. The zero-order chi connectivity index (χ0) is 17.3. The number of thiazole rings is 1. The molecule has 3 rings (SSSR count). The van der Waals surface area contributed by atoms with Gasteiger partial charge in [0.2, 0.25) is 0 Å². The maximum atomic E-state index is 12.5. The number of methoxy groups -OCH3 is 1. The van der Waals surface area contributed by atoms with Gasteiger partial charge in [-0.05, 0) is 44.2 Å². The van der Waals surface area contributed by atoms with Crippen LogP contribution in [0.2, 0.25) is 0 Å². The second-order valence-corrected chi connectivity index (χ2v) is 6.58. The zero-order valence-electron chi connectivity index (χ0n) is 14.0. The van der Waals surface area contributed by atoms with E-state index in [1.807, 2.05) is 38.1 Å². The number of nitrogens with one attached hydrogen (secondary N) is 1. The van der Waals surface area contributed by atoms with E-state index in [9.17, 15) is 4.79 Å². The van der Waals surface area contributed by atoms with Gasteiger partial charge >= 0.3 is 0 Å². The summed E-state index contributed by atoms with van der Waals surface area (Å²) in [5, 5.41) is 7.85. The summed E-state index contributed by atoms with van der Waals surface area (Å²) in [6, 6.07) is 9.33. The standard InChI is InChI=1S/C17H18N4O2S/c1-10-11(2)24-17(18-10)19-16(22)15-9-14(20-21(15)3)12-5-7-13(23-4)8-6-12/h5-9H,1-4H3,(H,18,19,22). The minimum absolute atomic E-state index is 0.224. The number of benzene rings is 1. The quantitative estimate of drug-likeness (QED) is 0.789. The average molecular weight is 342 g/mol. The number of amides is 1. The number of anilines is 1. The highest BCUT2D eigenvalue weighted by atomic mass is 32.1. The molecule has 2 heterocycles. The van der Waals surface area contributed by atoms with Crippen molar-refractivity contribution in [1.82, 2.24) is 14.8 Å². The highest BCUT2D eigenvalue weighted by molar-refractivity contribution is 7.15. The molecule has 0 aliphatic rings. The summed E-state index contributed by atoms with van der Waals surface area (Å²) in [5.41, 5.74) is 3.06. The van der Waals surface area contributed by atoms with Crippen LogP contribution >= 0.6 is 11.3 Å². The Labute approximate surface area is 144 Å². The number of aryl methyl sites for hydroxylation is 3. The van der Waals surface area contributed by atoms with Gasteiger partial charge < -0.3 is 4.74 Å². The largest absolute Gasteiger partial charge is 0.497 e. The molecule has 1 amide bonds. The van der Waals surface area contributed by atoms with Gasteiger partial charge in [-0.3, -0.25) is 14.8 Å². The topological polar surface area (TPSA) is 69.0 Å². The molecule has 0 spiro atoms. The number of hydrogen-bond donors (Lipinski definition) is 1. The summed E-state index contributed by atoms with van der Waals surface area (Å²) in [7, 11) is 3.38. The molecule has 3 aromatic rings. The third-order valence-electron chi connectivity index (χ3n) is 3.75. The molecule has 124 valence electrons. The predicted molar refractivity (Wildman–Crippen MR) is 94.7 cm³/mol. The second kappa shape index (κ2) is 6.45. The summed E-state index contributed by atoms with van der Waals surface area (Å²) in [6.45, 7) is 3.90. The molecule has 6 nitrogen and oxygen atoms in total. The molecule has 0 aliphatic carbocycles. The van der Waals surface area contributed by atoms with E-state index < -0.39 is 0 Å². The molecule has 0 unspecified atom stereocenters. The molecule has 2 aromatic heterocycles. The summed E-state index contributed by atoms with van der Waals surface area (Å²) in [5.74, 6) is 0.556. The van der Waals surface area contributed by atoms with Crippen molar-refractivity contribution < 1.29 is 9.53 Å². The molecule has 0 fully saturated rings. The van der Waals surface area contributed by atoms with Crippen molar-refractivity contribution in [3.63, 3.8) is 0 Å². The Hall–Kier alpha value is -2.67. The first-order valence-corrected chi connectivity index (χ1v) is 8.23. The van der Waals surface area contributed by atoms with Gasteiger partial charge in [-0.2, -0.15) is 5.10 Å². The normalized spacial score (nSPS) is 10.7. The molecule has 0 aliphatic heterocycles. The van der Waals surface area contributed by atoms with E-state index in [1.54, 1.807) is 24.9 Å². The SMILES string of the molecule is COc1ccc(-c2cc(C(=O)Nc3nc(C)c(C)s3)n(C)n2)cc1. The lowest BCUT2D eigenvalue weighted by Gasteiger charge is -2.00. The number of carbonyl (C=O) groups is 1. The highest BCUT2D eigenvalue weighted by Gasteiger charge is 2.16. The Bertz CT molecular complexity index is 861. The van der Waals surface area contributed by atoms with Crippen molar-refractivity contribution >= 4 is 22.4 Å². The van der Waals surface area contributed by atoms with Gasteiger partial charge in [0.05, 0.1) is 18.5 Å². The van der Waals surface area contributed by atoms with Crippen LogP contribution in [0.1, 0.15) is 21.1 Å². The Morgan fingerprint density at radius 3 is 2.54 bits per heavy atom. The van der Waals surface area contributed by atoms with E-state index in [2.05, 4.69) is 15.4 Å². The smallest absolute Gasteiger partial charge is 0.275 e. The first-order valence-electron chi connectivity index (χ1n) is 7.42. The molecule has 0 saturated heterocycles. The van der Waals surface area contributed by atoms with E-state index in [0.717, 1.165) is 27.6 Å². The lowest BCUT2D eigenvalue weighted by atomic mass is 10.1. The lowest BCUT2D eigenvalue weighted by molar-refractivity contribution is 0.101. The van der Waals surface area contributed by atoms with Crippen molar-refractivity contribution in [2.75, 3.05) is 12.4 Å². The second-order valence-electron chi connectivity index (χ2n) is 5.38. The lowest BCUT2D eigenvalue weighted by Crippen LogP contribution is -2.15.